The van der Waals surface area contributed by atoms with Crippen LogP contribution in [0, 0.1) is 5.82 Å². The fraction of sp³-hybridized carbons (Fsp3) is 0.348. The van der Waals surface area contributed by atoms with Gasteiger partial charge in [0.2, 0.25) is 0 Å². The lowest BCUT2D eigenvalue weighted by atomic mass is 10.2. The van der Waals surface area contributed by atoms with Gasteiger partial charge in [-0.2, -0.15) is 0 Å². The van der Waals surface area contributed by atoms with Crippen molar-refractivity contribution in [1.82, 2.24) is 18.7 Å². The number of fused-ring (bicyclic) bond motifs is 1. The number of halogens is 4. The van der Waals surface area contributed by atoms with Crippen LogP contribution in [0.2, 0.25) is 0 Å². The highest BCUT2D eigenvalue weighted by atomic mass is 19.4. The van der Waals surface area contributed by atoms with Crippen LogP contribution in [0.1, 0.15) is 31.7 Å². The van der Waals surface area contributed by atoms with Crippen LogP contribution in [0.15, 0.2) is 51.8 Å². The first-order valence-corrected chi connectivity index (χ1v) is 10.6. The molecule has 8 nitrogen and oxygen atoms in total. The highest BCUT2D eigenvalue weighted by Crippen LogP contribution is 2.26. The Bertz CT molecular complexity index is 1400. The largest absolute Gasteiger partial charge is 0.572 e. The number of aryl methyl sites for hydroxylation is 1. The third-order valence-electron chi connectivity index (χ3n) is 5.23. The maximum atomic E-state index is 13.4. The summed E-state index contributed by atoms with van der Waals surface area (Å²) in [5, 5.41) is 9.16. The number of aliphatic hydroxyl groups excluding tert-OH is 1. The summed E-state index contributed by atoms with van der Waals surface area (Å²) in [4.78, 5) is 30.6. The zero-order valence-electron chi connectivity index (χ0n) is 19.3. The van der Waals surface area contributed by atoms with Crippen molar-refractivity contribution in [2.75, 3.05) is 6.61 Å². The van der Waals surface area contributed by atoms with Gasteiger partial charge in [-0.05, 0) is 44.0 Å². The van der Waals surface area contributed by atoms with Crippen molar-refractivity contribution >= 4 is 16.7 Å². The molecule has 1 N–H and O–H groups in total. The topological polar surface area (TPSA) is 91.3 Å². The van der Waals surface area contributed by atoms with Gasteiger partial charge in [-0.25, -0.2) is 14.2 Å². The molecule has 0 atom stereocenters. The molecule has 0 radical (unpaired) electrons. The predicted molar refractivity (Wildman–Crippen MR) is 121 cm³/mol. The molecule has 1 aromatic carbocycles. The van der Waals surface area contributed by atoms with Gasteiger partial charge in [-0.15, -0.1) is 13.2 Å². The fourth-order valence-corrected chi connectivity index (χ4v) is 3.65. The number of benzene rings is 1. The Hall–Kier alpha value is -3.67. The average molecular weight is 496 g/mol. The molecule has 0 unspecified atom stereocenters. The normalized spacial score (nSPS) is 13.0. The van der Waals surface area contributed by atoms with Gasteiger partial charge in [-0.1, -0.05) is 18.2 Å². The van der Waals surface area contributed by atoms with Gasteiger partial charge in [0.25, 0.3) is 5.56 Å². The highest BCUT2D eigenvalue weighted by Gasteiger charge is 2.31. The molecule has 0 aliphatic rings. The maximum Gasteiger partial charge on any atom is 0.572 e. The number of hydrogen-bond acceptors (Lipinski definition) is 5. The first-order chi connectivity index (χ1) is 16.5. The quantitative estimate of drug-likeness (QED) is 0.294. The van der Waals surface area contributed by atoms with E-state index in [2.05, 4.69) is 9.72 Å². The number of alkyl halides is 3. The van der Waals surface area contributed by atoms with Crippen molar-refractivity contribution in [2.24, 2.45) is 7.05 Å². The van der Waals surface area contributed by atoms with Crippen LogP contribution in [0.3, 0.4) is 0 Å². The Morgan fingerprint density at radius 2 is 1.83 bits per heavy atom. The predicted octanol–water partition coefficient (Wildman–Crippen LogP) is 3.31. The van der Waals surface area contributed by atoms with Crippen molar-refractivity contribution in [3.05, 3.63) is 80.2 Å². The van der Waals surface area contributed by atoms with E-state index in [-0.39, 0.29) is 48.7 Å². The zero-order valence-corrected chi connectivity index (χ0v) is 19.3. The first-order valence-electron chi connectivity index (χ1n) is 10.6. The van der Waals surface area contributed by atoms with Crippen molar-refractivity contribution in [1.29, 1.82) is 0 Å². The van der Waals surface area contributed by atoms with Crippen molar-refractivity contribution < 1.29 is 27.4 Å². The van der Waals surface area contributed by atoms with Crippen molar-refractivity contribution in [3.8, 4) is 0 Å². The molecule has 0 spiro atoms. The van der Waals surface area contributed by atoms with Crippen LogP contribution in [0.5, 0.6) is 0 Å². The molecule has 3 aromatic rings. The molecule has 0 saturated heterocycles. The highest BCUT2D eigenvalue weighted by molar-refractivity contribution is 5.79. The Morgan fingerprint density at radius 1 is 1.17 bits per heavy atom. The molecule has 0 bridgehead atoms. The standard InChI is InChI=1S/C23H24F4N4O4/c1-4-16(12-14(2)35-23(25,26)27)19-28-20-18(31(19)13-15-6-8-17(24)9-7-15)21(33)30(10-5-11-32)22(34)29(20)3/h4,6-9,12,32H,5,10-11,13H2,1-3H3/b14-12+,16-4+. The number of hydrogen-bond donors (Lipinski definition) is 1. The van der Waals surface area contributed by atoms with Crippen LogP contribution in [0.25, 0.3) is 16.7 Å². The molecule has 35 heavy (non-hydrogen) atoms. The number of aliphatic hydroxyl groups is 1. The average Bonchev–Trinajstić information content (AvgIpc) is 3.15. The molecule has 12 heteroatoms. The third kappa shape index (κ3) is 5.70. The lowest BCUT2D eigenvalue weighted by Crippen LogP contribution is -2.40. The first kappa shape index (κ1) is 25.9. The number of allylic oxidation sites excluding steroid dienone is 4. The molecular weight excluding hydrogens is 472 g/mol. The number of rotatable bonds is 8. The van der Waals surface area contributed by atoms with E-state index in [1.54, 1.807) is 6.92 Å². The molecule has 0 fully saturated rings. The summed E-state index contributed by atoms with van der Waals surface area (Å²) >= 11 is 0. The third-order valence-corrected chi connectivity index (χ3v) is 5.23. The summed E-state index contributed by atoms with van der Waals surface area (Å²) < 4.78 is 59.1. The van der Waals surface area contributed by atoms with Crippen LogP contribution in [0.4, 0.5) is 17.6 Å². The second-order valence-corrected chi connectivity index (χ2v) is 7.74. The van der Waals surface area contributed by atoms with Gasteiger partial charge in [0.15, 0.2) is 11.2 Å². The van der Waals surface area contributed by atoms with Crippen molar-refractivity contribution in [2.45, 2.75) is 39.7 Å². The lowest BCUT2D eigenvalue weighted by molar-refractivity contribution is -0.305. The van der Waals surface area contributed by atoms with E-state index in [1.807, 2.05) is 0 Å². The molecule has 3 rings (SSSR count). The Kier molecular flexibility index (Phi) is 7.64. The number of nitrogens with zero attached hydrogens (tertiary/aromatic N) is 4. The van der Waals surface area contributed by atoms with E-state index in [4.69, 9.17) is 5.11 Å². The minimum Gasteiger partial charge on any atom is -0.411 e. The smallest absolute Gasteiger partial charge is 0.411 e. The lowest BCUT2D eigenvalue weighted by Gasteiger charge is -2.13. The minimum atomic E-state index is -4.89. The number of aromatic nitrogens is 4. The summed E-state index contributed by atoms with van der Waals surface area (Å²) in [5.41, 5.74) is -0.460. The molecule has 0 amide bonds. The van der Waals surface area contributed by atoms with Gasteiger partial charge < -0.3 is 14.4 Å². The van der Waals surface area contributed by atoms with Gasteiger partial charge in [0, 0.05) is 32.3 Å². The number of ether oxygens (including phenoxy) is 1. The van der Waals surface area contributed by atoms with E-state index in [1.165, 1.54) is 42.0 Å². The molecular formula is C23H24F4N4O4. The second kappa shape index (κ2) is 10.3. The Balaban J connectivity index is 2.30. The molecule has 0 saturated carbocycles. The molecule has 188 valence electrons. The molecule has 0 aliphatic heterocycles. The minimum absolute atomic E-state index is 0.0178. The molecule has 2 aromatic heterocycles. The van der Waals surface area contributed by atoms with E-state index in [9.17, 15) is 27.2 Å². The summed E-state index contributed by atoms with van der Waals surface area (Å²) in [5.74, 6) is -0.806. The molecule has 2 heterocycles. The van der Waals surface area contributed by atoms with Gasteiger partial charge >= 0.3 is 12.1 Å². The van der Waals surface area contributed by atoms with E-state index < -0.39 is 29.2 Å². The van der Waals surface area contributed by atoms with Gasteiger partial charge in [0.05, 0.1) is 0 Å². The van der Waals surface area contributed by atoms with E-state index in [0.717, 1.165) is 22.1 Å². The summed E-state index contributed by atoms with van der Waals surface area (Å²) in [6.45, 7) is 2.45. The van der Waals surface area contributed by atoms with Gasteiger partial charge in [0.1, 0.15) is 17.4 Å². The van der Waals surface area contributed by atoms with Crippen LogP contribution >= 0.6 is 0 Å². The zero-order chi connectivity index (χ0) is 25.9. The van der Waals surface area contributed by atoms with E-state index >= 15 is 0 Å². The van der Waals surface area contributed by atoms with Crippen molar-refractivity contribution in [3.63, 3.8) is 0 Å². The molecule has 0 aliphatic carbocycles. The second-order valence-electron chi connectivity index (χ2n) is 7.74. The van der Waals surface area contributed by atoms with Crippen LogP contribution < -0.4 is 11.2 Å². The summed E-state index contributed by atoms with van der Waals surface area (Å²) in [7, 11) is 1.42. The Labute approximate surface area is 197 Å². The monoisotopic (exact) mass is 496 g/mol. The van der Waals surface area contributed by atoms with Crippen LogP contribution in [-0.4, -0.2) is 36.8 Å². The number of imidazole rings is 1. The maximum absolute atomic E-state index is 13.4. The Morgan fingerprint density at radius 3 is 2.40 bits per heavy atom. The summed E-state index contributed by atoms with van der Waals surface area (Å²) in [6.07, 6.45) is -2.11. The van der Waals surface area contributed by atoms with E-state index in [0.29, 0.717) is 5.56 Å². The van der Waals surface area contributed by atoms with Crippen LogP contribution in [-0.2, 0) is 24.9 Å². The SMILES string of the molecule is C/C=C(\C=C(/C)OC(F)(F)F)c1nc2c(c(=O)n(CCCO)c(=O)n2C)n1Cc1ccc(F)cc1. The summed E-state index contributed by atoms with van der Waals surface area (Å²) in [6, 6.07) is 5.48. The van der Waals surface area contributed by atoms with Gasteiger partial charge in [-0.3, -0.25) is 13.9 Å². The fourth-order valence-electron chi connectivity index (χ4n) is 3.65.